The van der Waals surface area contributed by atoms with Gasteiger partial charge in [-0.1, -0.05) is 6.92 Å². The fourth-order valence-electron chi connectivity index (χ4n) is 2.53. The maximum atomic E-state index is 5.48. The van der Waals surface area contributed by atoms with E-state index in [1.807, 2.05) is 0 Å². The van der Waals surface area contributed by atoms with E-state index in [2.05, 4.69) is 23.7 Å². The van der Waals surface area contributed by atoms with E-state index in [-0.39, 0.29) is 0 Å². The van der Waals surface area contributed by atoms with Crippen LogP contribution in [0.15, 0.2) is 11.4 Å². The van der Waals surface area contributed by atoms with Gasteiger partial charge >= 0.3 is 0 Å². The maximum absolute atomic E-state index is 5.48. The van der Waals surface area contributed by atoms with Crippen molar-refractivity contribution in [2.75, 3.05) is 26.9 Å². The molecule has 0 radical (unpaired) electrons. The summed E-state index contributed by atoms with van der Waals surface area (Å²) in [6.45, 7) is 5.05. The van der Waals surface area contributed by atoms with Crippen LogP contribution in [0.4, 0.5) is 0 Å². The molecule has 1 aliphatic rings. The van der Waals surface area contributed by atoms with Crippen LogP contribution in [-0.4, -0.2) is 26.9 Å². The molecule has 0 aliphatic carbocycles. The van der Waals surface area contributed by atoms with Crippen molar-refractivity contribution in [3.8, 4) is 5.75 Å². The molecular weight excluding hydrogens is 246 g/mol. The number of ether oxygens (including phenoxy) is 2. The van der Waals surface area contributed by atoms with Gasteiger partial charge in [-0.25, -0.2) is 0 Å². The lowest BCUT2D eigenvalue weighted by Gasteiger charge is -2.31. The molecule has 2 rings (SSSR count). The molecule has 18 heavy (non-hydrogen) atoms. The number of rotatable bonds is 6. The molecule has 0 aromatic carbocycles. The molecule has 102 valence electrons. The van der Waals surface area contributed by atoms with E-state index in [9.17, 15) is 0 Å². The third kappa shape index (κ3) is 3.25. The highest BCUT2D eigenvalue weighted by Crippen LogP contribution is 2.38. The van der Waals surface area contributed by atoms with Crippen molar-refractivity contribution in [3.05, 3.63) is 16.3 Å². The van der Waals surface area contributed by atoms with E-state index in [0.717, 1.165) is 44.8 Å². The Balaban J connectivity index is 2.12. The zero-order chi connectivity index (χ0) is 12.8. The van der Waals surface area contributed by atoms with Crippen LogP contribution >= 0.6 is 11.3 Å². The van der Waals surface area contributed by atoms with Crippen LogP contribution in [0, 0.1) is 5.92 Å². The molecule has 1 aromatic heterocycles. The van der Waals surface area contributed by atoms with E-state index in [1.165, 1.54) is 4.88 Å². The molecule has 4 heteroatoms. The SMILES string of the molecule is CCCNC(c1sccc1OC)C1CCOCC1. The summed E-state index contributed by atoms with van der Waals surface area (Å²) in [5.74, 6) is 1.69. The summed E-state index contributed by atoms with van der Waals surface area (Å²) in [6, 6.07) is 2.49. The number of thiophene rings is 1. The molecule has 1 fully saturated rings. The summed E-state index contributed by atoms with van der Waals surface area (Å²) >= 11 is 1.80. The number of hydrogen-bond acceptors (Lipinski definition) is 4. The highest BCUT2D eigenvalue weighted by atomic mass is 32.1. The summed E-state index contributed by atoms with van der Waals surface area (Å²) < 4.78 is 10.9. The van der Waals surface area contributed by atoms with Gasteiger partial charge in [-0.15, -0.1) is 11.3 Å². The first-order valence-corrected chi connectivity index (χ1v) is 7.67. The van der Waals surface area contributed by atoms with Gasteiger partial charge in [0.2, 0.25) is 0 Å². The Hall–Kier alpha value is -0.580. The Labute approximate surface area is 113 Å². The highest BCUT2D eigenvalue weighted by Gasteiger charge is 2.28. The van der Waals surface area contributed by atoms with Crippen molar-refractivity contribution in [2.24, 2.45) is 5.92 Å². The minimum atomic E-state index is 0.420. The molecule has 0 amide bonds. The monoisotopic (exact) mass is 269 g/mol. The van der Waals surface area contributed by atoms with Gasteiger partial charge in [-0.2, -0.15) is 0 Å². The van der Waals surface area contributed by atoms with Gasteiger partial charge in [0.15, 0.2) is 0 Å². The second-order valence-corrected chi connectivity index (χ2v) is 5.68. The standard InChI is InChI=1S/C14H23NO2S/c1-3-7-15-13(11-4-8-17-9-5-11)14-12(16-2)6-10-18-14/h6,10-11,13,15H,3-5,7-9H2,1-2H3. The molecule has 1 saturated heterocycles. The fraction of sp³-hybridized carbons (Fsp3) is 0.714. The first-order valence-electron chi connectivity index (χ1n) is 6.79. The Kier molecular flexibility index (Phi) is 5.47. The van der Waals surface area contributed by atoms with Crippen LogP contribution in [0.2, 0.25) is 0 Å². The van der Waals surface area contributed by atoms with Crippen molar-refractivity contribution in [3.63, 3.8) is 0 Å². The average molecular weight is 269 g/mol. The minimum absolute atomic E-state index is 0.420. The van der Waals surface area contributed by atoms with E-state index >= 15 is 0 Å². The fourth-order valence-corrected chi connectivity index (χ4v) is 3.56. The molecule has 0 saturated carbocycles. The molecule has 1 unspecified atom stereocenters. The molecule has 0 spiro atoms. The zero-order valence-electron chi connectivity index (χ0n) is 11.3. The highest BCUT2D eigenvalue weighted by molar-refractivity contribution is 7.10. The second-order valence-electron chi connectivity index (χ2n) is 4.73. The molecule has 2 heterocycles. The average Bonchev–Trinajstić information content (AvgIpc) is 2.89. The summed E-state index contributed by atoms with van der Waals surface area (Å²) in [6.07, 6.45) is 3.44. The van der Waals surface area contributed by atoms with Crippen molar-refractivity contribution < 1.29 is 9.47 Å². The van der Waals surface area contributed by atoms with Crippen molar-refractivity contribution in [1.29, 1.82) is 0 Å². The Morgan fingerprint density at radius 1 is 1.50 bits per heavy atom. The first kappa shape index (κ1) is 13.8. The van der Waals surface area contributed by atoms with Crippen LogP contribution in [0.3, 0.4) is 0 Å². The summed E-state index contributed by atoms with van der Waals surface area (Å²) in [4.78, 5) is 1.35. The first-order chi connectivity index (χ1) is 8.86. The molecule has 1 atom stereocenters. The van der Waals surface area contributed by atoms with Crippen molar-refractivity contribution in [2.45, 2.75) is 32.2 Å². The number of hydrogen-bond donors (Lipinski definition) is 1. The van der Waals surface area contributed by atoms with Crippen LogP contribution < -0.4 is 10.1 Å². The summed E-state index contributed by atoms with van der Waals surface area (Å²) in [5, 5.41) is 5.81. The maximum Gasteiger partial charge on any atom is 0.134 e. The summed E-state index contributed by atoms with van der Waals surface area (Å²) in [5.41, 5.74) is 0. The van der Waals surface area contributed by atoms with Crippen LogP contribution in [0.5, 0.6) is 5.75 Å². The van der Waals surface area contributed by atoms with E-state index in [0.29, 0.717) is 12.0 Å². The third-order valence-electron chi connectivity index (χ3n) is 3.51. The van der Waals surface area contributed by atoms with Crippen LogP contribution in [0.1, 0.15) is 37.1 Å². The van der Waals surface area contributed by atoms with Gasteiger partial charge in [-0.05, 0) is 43.2 Å². The molecule has 1 aliphatic heterocycles. The van der Waals surface area contributed by atoms with Crippen molar-refractivity contribution >= 4 is 11.3 Å². The van der Waals surface area contributed by atoms with Gasteiger partial charge in [-0.3, -0.25) is 0 Å². The summed E-state index contributed by atoms with van der Waals surface area (Å²) in [7, 11) is 1.76. The largest absolute Gasteiger partial charge is 0.496 e. The van der Waals surface area contributed by atoms with Crippen LogP contribution in [-0.2, 0) is 4.74 Å². The Morgan fingerprint density at radius 3 is 2.94 bits per heavy atom. The Morgan fingerprint density at radius 2 is 2.28 bits per heavy atom. The quantitative estimate of drug-likeness (QED) is 0.860. The molecule has 1 aromatic rings. The lowest BCUT2D eigenvalue weighted by atomic mass is 9.90. The Bertz CT molecular complexity index is 347. The van der Waals surface area contributed by atoms with Gasteiger partial charge in [0, 0.05) is 19.3 Å². The van der Waals surface area contributed by atoms with E-state index < -0.39 is 0 Å². The predicted molar refractivity (Wildman–Crippen MR) is 75.4 cm³/mol. The predicted octanol–water partition coefficient (Wildman–Crippen LogP) is 3.22. The lowest BCUT2D eigenvalue weighted by Crippen LogP contribution is -2.32. The molecule has 0 bridgehead atoms. The van der Waals surface area contributed by atoms with Crippen molar-refractivity contribution in [1.82, 2.24) is 5.32 Å². The van der Waals surface area contributed by atoms with Crippen LogP contribution in [0.25, 0.3) is 0 Å². The van der Waals surface area contributed by atoms with E-state index in [1.54, 1.807) is 18.4 Å². The smallest absolute Gasteiger partial charge is 0.134 e. The zero-order valence-corrected chi connectivity index (χ0v) is 12.1. The normalized spacial score (nSPS) is 18.8. The van der Waals surface area contributed by atoms with Gasteiger partial charge in [0.05, 0.1) is 12.0 Å². The van der Waals surface area contributed by atoms with E-state index in [4.69, 9.17) is 9.47 Å². The topological polar surface area (TPSA) is 30.5 Å². The lowest BCUT2D eigenvalue weighted by molar-refractivity contribution is 0.0538. The third-order valence-corrected chi connectivity index (χ3v) is 4.49. The minimum Gasteiger partial charge on any atom is -0.496 e. The van der Waals surface area contributed by atoms with Gasteiger partial charge in [0.1, 0.15) is 5.75 Å². The molecule has 3 nitrogen and oxygen atoms in total. The number of nitrogens with one attached hydrogen (secondary N) is 1. The van der Waals surface area contributed by atoms with Gasteiger partial charge < -0.3 is 14.8 Å². The number of methoxy groups -OCH3 is 1. The molecular formula is C14H23NO2S. The second kappa shape index (κ2) is 7.12. The van der Waals surface area contributed by atoms with Gasteiger partial charge in [0.25, 0.3) is 0 Å². The molecule has 1 N–H and O–H groups in total.